The van der Waals surface area contributed by atoms with Crippen molar-refractivity contribution in [3.63, 3.8) is 0 Å². The van der Waals surface area contributed by atoms with Gasteiger partial charge in [0.15, 0.2) is 0 Å². The van der Waals surface area contributed by atoms with Gasteiger partial charge in [0.05, 0.1) is 61.7 Å². The van der Waals surface area contributed by atoms with Crippen LogP contribution in [-0.2, 0) is 70.5 Å². The fraction of sp³-hybridized carbons (Fsp3) is 0.672. The van der Waals surface area contributed by atoms with E-state index >= 15 is 0 Å². The smallest absolute Gasteiger partial charge is 0.306 e. The number of unbranched alkanes of at least 4 members (excludes halogenated alkanes) is 3. The molecule has 0 saturated carbocycles. The summed E-state index contributed by atoms with van der Waals surface area (Å²) in [5, 5.41) is 20.7. The quantitative estimate of drug-likeness (QED) is 0.0340. The Hall–Kier alpha value is -6.49. The summed E-state index contributed by atoms with van der Waals surface area (Å²) in [7, 11) is 6.74. The molecule has 0 bridgehead atoms. The number of hydroxylamine groups is 1. The Bertz CT molecular complexity index is 2450. The number of benzene rings is 2. The Kier molecular flexibility index (Phi) is 31.8. The van der Waals surface area contributed by atoms with Crippen LogP contribution in [0, 0.1) is 23.7 Å². The molecule has 2 heterocycles. The minimum atomic E-state index is -1.04. The van der Waals surface area contributed by atoms with Gasteiger partial charge in [-0.2, -0.15) is 0 Å². The number of aliphatic carboxylic acids is 1. The average molecular weight is 1200 g/mol. The first-order chi connectivity index (χ1) is 41.1. The van der Waals surface area contributed by atoms with E-state index in [1.807, 2.05) is 83.9 Å². The Morgan fingerprint density at radius 3 is 2.02 bits per heavy atom. The van der Waals surface area contributed by atoms with Gasteiger partial charge in [-0.05, 0) is 101 Å². The third-order valence-electron chi connectivity index (χ3n) is 16.7. The van der Waals surface area contributed by atoms with Gasteiger partial charge >= 0.3 is 5.97 Å². The lowest BCUT2D eigenvalue weighted by Gasteiger charge is -2.41. The monoisotopic (exact) mass is 1200 g/mol. The number of hydrogen-bond acceptors (Lipinski definition) is 13. The number of piperidine rings is 1. The van der Waals surface area contributed by atoms with E-state index in [9.17, 15) is 43.2 Å². The number of rotatable bonds is 38. The van der Waals surface area contributed by atoms with Gasteiger partial charge in [0.2, 0.25) is 41.4 Å². The van der Waals surface area contributed by atoms with Crippen LogP contribution >= 0.6 is 0 Å². The molecule has 0 radical (unpaired) electrons. The first kappa shape index (κ1) is 72.0. The Labute approximate surface area is 510 Å². The number of nitrogens with zero attached hydrogens (tertiary/aromatic N) is 4. The van der Waals surface area contributed by atoms with E-state index < -0.39 is 66.0 Å². The van der Waals surface area contributed by atoms with Crippen LogP contribution in [0.1, 0.15) is 149 Å². The van der Waals surface area contributed by atoms with Crippen molar-refractivity contribution in [1.29, 1.82) is 0 Å². The number of methoxy groups -OCH3 is 2. The highest BCUT2D eigenvalue weighted by Gasteiger charge is 2.43. The number of carbonyl (C=O) groups excluding carboxylic acids is 8. The average Bonchev–Trinajstić information content (AvgIpc) is 3.47. The minimum absolute atomic E-state index is 0.00728. The van der Waals surface area contributed by atoms with E-state index in [2.05, 4.69) is 26.7 Å². The van der Waals surface area contributed by atoms with E-state index in [0.29, 0.717) is 102 Å². The number of carboxylic acid groups (broad SMARTS) is 1. The fourth-order valence-corrected chi connectivity index (χ4v) is 11.7. The summed E-state index contributed by atoms with van der Waals surface area (Å²) in [5.41, 5.74) is 4.62. The number of nitrogens with one attached hydrogen (secondary N) is 5. The minimum Gasteiger partial charge on any atom is -0.481 e. The molecule has 0 spiro atoms. The van der Waals surface area contributed by atoms with E-state index in [4.69, 9.17) is 19.4 Å². The molecule has 22 heteroatoms. The van der Waals surface area contributed by atoms with Gasteiger partial charge in [0, 0.05) is 78.3 Å². The topological polar surface area (TPSA) is 275 Å². The normalized spacial score (nSPS) is 17.0. The molecular formula is C64H101N9O13. The molecule has 0 aliphatic carbocycles. The second-order valence-corrected chi connectivity index (χ2v) is 23.7. The maximum atomic E-state index is 14.6. The van der Waals surface area contributed by atoms with E-state index in [1.54, 1.807) is 53.0 Å². The number of ether oxygens (including phenoxy) is 2. The molecule has 8 unspecified atom stereocenters. The first-order valence-electron chi connectivity index (χ1n) is 31.1. The highest BCUT2D eigenvalue weighted by atomic mass is 16.7. The van der Waals surface area contributed by atoms with E-state index in [1.165, 1.54) is 7.11 Å². The Morgan fingerprint density at radius 2 is 1.41 bits per heavy atom. The number of anilines is 1. The number of likely N-dealkylation sites (N-methyl/N-ethyl adjacent to an activating group) is 1. The second kappa shape index (κ2) is 37.9. The highest BCUT2D eigenvalue weighted by molar-refractivity contribution is 5.91. The van der Waals surface area contributed by atoms with Gasteiger partial charge in [-0.1, -0.05) is 103 Å². The zero-order chi connectivity index (χ0) is 63.3. The molecule has 22 nitrogen and oxygen atoms in total. The highest BCUT2D eigenvalue weighted by Crippen LogP contribution is 2.30. The van der Waals surface area contributed by atoms with Crippen molar-refractivity contribution in [2.24, 2.45) is 23.7 Å². The Morgan fingerprint density at radius 1 is 0.721 bits per heavy atom. The van der Waals surface area contributed by atoms with E-state index in [-0.39, 0.29) is 86.1 Å². The molecule has 2 saturated heterocycles. The van der Waals surface area contributed by atoms with Gasteiger partial charge in [0.25, 0.3) is 5.91 Å². The van der Waals surface area contributed by atoms with Crippen LogP contribution in [0.3, 0.4) is 0 Å². The molecule has 2 aliphatic rings. The summed E-state index contributed by atoms with van der Waals surface area (Å²) >= 11 is 0. The molecule has 2 aliphatic heterocycles. The number of amides is 8. The molecular weight excluding hydrogens is 1100 g/mol. The number of hydrogen-bond donors (Lipinski definition) is 6. The van der Waals surface area contributed by atoms with Crippen LogP contribution in [0.2, 0.25) is 0 Å². The van der Waals surface area contributed by atoms with Gasteiger partial charge in [0.1, 0.15) is 6.04 Å². The molecule has 2 aromatic rings. The largest absolute Gasteiger partial charge is 0.481 e. The van der Waals surface area contributed by atoms with Crippen molar-refractivity contribution >= 4 is 58.9 Å². The molecule has 2 fully saturated rings. The molecule has 4 rings (SSSR count). The van der Waals surface area contributed by atoms with Gasteiger partial charge in [-0.25, -0.2) is 5.48 Å². The third-order valence-corrected chi connectivity index (χ3v) is 16.7. The van der Waals surface area contributed by atoms with Crippen LogP contribution in [0.15, 0.2) is 54.6 Å². The summed E-state index contributed by atoms with van der Waals surface area (Å²) in [5.74, 6) is -4.10. The SMILES string of the molecule is CCCCN(C(=O)CNC(=O)C(C(C)C)N(C)C)C(C(C)CC)C(CC(=O)N1CCCC1C(OC)C(C)C(=O)NC(Cc1ccccc1)C(=O)NOCc1ccc(NC(=O)CCCCCNC(=O)CCCC(=O)N2CCC(C(=O)O)CC2)cc1)OC. The standard InChI is InChI=1S/C64H101N9O13/c1-11-13-35-73(57(78)41-66-63(81)58(43(3)4)70(7)8)59(44(5)12-2)52(84-9)40-56(77)72-36-21-24-51(72)60(85-10)45(6)61(79)68-50(39-46-22-16-14-17-23-46)62(80)69-86-42-47-28-30-49(31-29-47)67-54(75)25-18-15-19-34-65-53(74)26-20-27-55(76)71-37-32-48(33-38-71)64(82)83/h14,16-17,22-23,28-31,43-45,48,50-52,58-60H,11-13,15,18-21,24-27,32-42H2,1-10H3,(H,65,74)(H,66,81)(H,67,75)(H,68,79)(H,69,80)(H,82,83). The zero-order valence-corrected chi connectivity index (χ0v) is 52.9. The van der Waals surface area contributed by atoms with Crippen molar-refractivity contribution in [3.05, 3.63) is 65.7 Å². The molecule has 6 N–H and O–H groups in total. The lowest BCUT2D eigenvalue weighted by atomic mass is 9.89. The summed E-state index contributed by atoms with van der Waals surface area (Å²) in [4.78, 5) is 132. The predicted molar refractivity (Wildman–Crippen MR) is 328 cm³/mol. The van der Waals surface area contributed by atoms with Crippen molar-refractivity contribution in [3.8, 4) is 0 Å². The molecule has 480 valence electrons. The van der Waals surface area contributed by atoms with Crippen LogP contribution in [0.4, 0.5) is 5.69 Å². The van der Waals surface area contributed by atoms with Crippen molar-refractivity contribution in [1.82, 2.24) is 41.0 Å². The maximum Gasteiger partial charge on any atom is 0.306 e. The molecule has 8 atom stereocenters. The van der Waals surface area contributed by atoms with Crippen molar-refractivity contribution in [2.75, 3.05) is 72.9 Å². The van der Waals surface area contributed by atoms with Crippen LogP contribution < -0.4 is 26.7 Å². The Balaban J connectivity index is 1.27. The predicted octanol–water partition coefficient (Wildman–Crippen LogP) is 5.86. The number of likely N-dealkylation sites (tertiary alicyclic amines) is 2. The number of carbonyl (C=O) groups is 9. The summed E-state index contributed by atoms with van der Waals surface area (Å²) in [6.45, 7) is 13.8. The lowest BCUT2D eigenvalue weighted by Crippen LogP contribution is -2.57. The van der Waals surface area contributed by atoms with Crippen LogP contribution in [0.25, 0.3) is 0 Å². The summed E-state index contributed by atoms with van der Waals surface area (Å²) in [6.07, 6.45) is 6.38. The van der Waals surface area contributed by atoms with Crippen LogP contribution in [0.5, 0.6) is 0 Å². The van der Waals surface area contributed by atoms with Crippen LogP contribution in [-0.4, -0.2) is 182 Å². The van der Waals surface area contributed by atoms with Gasteiger partial charge in [-0.15, -0.1) is 0 Å². The molecule has 2 aromatic carbocycles. The summed E-state index contributed by atoms with van der Waals surface area (Å²) < 4.78 is 12.2. The van der Waals surface area contributed by atoms with Crippen molar-refractivity contribution < 1.29 is 62.6 Å². The lowest BCUT2D eigenvalue weighted by molar-refractivity contribution is -0.147. The molecule has 0 aromatic heterocycles. The number of carboxylic acids is 1. The second-order valence-electron chi connectivity index (χ2n) is 23.7. The maximum absolute atomic E-state index is 14.6. The fourth-order valence-electron chi connectivity index (χ4n) is 11.7. The van der Waals surface area contributed by atoms with E-state index in [0.717, 1.165) is 24.8 Å². The summed E-state index contributed by atoms with van der Waals surface area (Å²) in [6, 6.07) is 13.9. The van der Waals surface area contributed by atoms with Crippen molar-refractivity contribution in [2.45, 2.75) is 187 Å². The van der Waals surface area contributed by atoms with Gasteiger partial charge in [-0.3, -0.25) is 52.9 Å². The van der Waals surface area contributed by atoms with Gasteiger partial charge < -0.3 is 50.5 Å². The third kappa shape index (κ3) is 23.3. The molecule has 8 amide bonds. The first-order valence-corrected chi connectivity index (χ1v) is 31.1. The zero-order valence-electron chi connectivity index (χ0n) is 52.9. The molecule has 86 heavy (non-hydrogen) atoms.